The van der Waals surface area contributed by atoms with E-state index >= 15 is 0 Å². The number of para-hydroxylation sites is 3. The molecule has 0 unspecified atom stereocenters. The number of nitrogens with zero attached hydrogens (tertiary/aromatic N) is 2. The molecule has 0 amide bonds. The molecule has 258 valence electrons. The zero-order valence-corrected chi connectivity index (χ0v) is 29.9. The summed E-state index contributed by atoms with van der Waals surface area (Å²) in [5.41, 5.74) is 13.3. The molecule has 0 atom stereocenters. The summed E-state index contributed by atoms with van der Waals surface area (Å²) in [5.74, 6) is 0. The first kappa shape index (κ1) is 31.2. The summed E-state index contributed by atoms with van der Waals surface area (Å²) in [6.45, 7) is 0. The normalized spacial score (nSPS) is 11.6. The number of furan rings is 1. The van der Waals surface area contributed by atoms with Crippen LogP contribution in [0.3, 0.4) is 0 Å². The van der Waals surface area contributed by atoms with E-state index in [9.17, 15) is 0 Å². The van der Waals surface area contributed by atoms with Crippen LogP contribution in [0.25, 0.3) is 82.5 Å². The van der Waals surface area contributed by atoms with Gasteiger partial charge in [0, 0.05) is 38.6 Å². The van der Waals surface area contributed by atoms with E-state index in [2.05, 4.69) is 216 Å². The third-order valence-corrected chi connectivity index (χ3v) is 11.0. The molecule has 2 aromatic heterocycles. The zero-order valence-electron chi connectivity index (χ0n) is 29.9. The van der Waals surface area contributed by atoms with Crippen molar-refractivity contribution in [3.8, 4) is 27.9 Å². The average Bonchev–Trinajstić information content (AvgIpc) is 3.79. The lowest BCUT2D eigenvalue weighted by molar-refractivity contribution is 0.669. The molecule has 0 saturated heterocycles. The lowest BCUT2D eigenvalue weighted by Crippen LogP contribution is -2.11. The van der Waals surface area contributed by atoms with Crippen molar-refractivity contribution < 1.29 is 4.42 Å². The summed E-state index contributed by atoms with van der Waals surface area (Å²) in [4.78, 5) is 2.40. The number of aromatic nitrogens is 1. The Kier molecular flexibility index (Phi) is 7.17. The molecule has 0 bridgehead atoms. The van der Waals surface area contributed by atoms with Crippen LogP contribution < -0.4 is 4.90 Å². The molecule has 0 spiro atoms. The van der Waals surface area contributed by atoms with Gasteiger partial charge in [0.05, 0.1) is 16.7 Å². The van der Waals surface area contributed by atoms with E-state index in [0.29, 0.717) is 0 Å². The molecule has 0 aliphatic rings. The Labute approximate surface area is 318 Å². The molecular formula is C52H34N2O. The van der Waals surface area contributed by atoms with Gasteiger partial charge in [-0.1, -0.05) is 133 Å². The van der Waals surface area contributed by atoms with Gasteiger partial charge >= 0.3 is 0 Å². The highest BCUT2D eigenvalue weighted by Crippen LogP contribution is 2.44. The van der Waals surface area contributed by atoms with E-state index < -0.39 is 0 Å². The Hall–Kier alpha value is -7.36. The molecule has 2 heterocycles. The third-order valence-electron chi connectivity index (χ3n) is 11.0. The van der Waals surface area contributed by atoms with Gasteiger partial charge in [-0.3, -0.25) is 0 Å². The summed E-state index contributed by atoms with van der Waals surface area (Å²) in [6, 6.07) is 74.0. The van der Waals surface area contributed by atoms with Crippen LogP contribution in [-0.4, -0.2) is 4.57 Å². The summed E-state index contributed by atoms with van der Waals surface area (Å²) in [5, 5.41) is 7.11. The van der Waals surface area contributed by atoms with Crippen molar-refractivity contribution in [2.45, 2.75) is 0 Å². The van der Waals surface area contributed by atoms with Crippen LogP contribution in [0.5, 0.6) is 0 Å². The standard InChI is InChI=1S/C52H34N2O/c1-3-12-35(13-4-1)36-22-27-42(28-23-36)53(49-21-11-19-45-44-18-9-10-20-48(44)54(52(45)49)41-16-5-2-6-17-41)43-29-24-37(25-30-43)40-26-31-50-46(33-40)47-32-38-14-7-8-15-39(38)34-51(47)55-50/h1-34H. The molecule has 0 saturated carbocycles. The topological polar surface area (TPSA) is 21.3 Å². The van der Waals surface area contributed by atoms with Gasteiger partial charge < -0.3 is 13.9 Å². The second-order valence-corrected chi connectivity index (χ2v) is 14.2. The molecule has 11 aromatic rings. The fourth-order valence-corrected chi connectivity index (χ4v) is 8.33. The van der Waals surface area contributed by atoms with Gasteiger partial charge in [0.15, 0.2) is 0 Å². The monoisotopic (exact) mass is 702 g/mol. The Bertz CT molecular complexity index is 3180. The maximum absolute atomic E-state index is 6.33. The second kappa shape index (κ2) is 12.6. The minimum atomic E-state index is 0.901. The molecule has 0 N–H and O–H groups in total. The first-order chi connectivity index (χ1) is 27.3. The van der Waals surface area contributed by atoms with Crippen molar-refractivity contribution in [3.05, 3.63) is 206 Å². The van der Waals surface area contributed by atoms with Gasteiger partial charge in [-0.25, -0.2) is 0 Å². The summed E-state index contributed by atoms with van der Waals surface area (Å²) < 4.78 is 8.74. The van der Waals surface area contributed by atoms with E-state index in [0.717, 1.165) is 61.3 Å². The summed E-state index contributed by atoms with van der Waals surface area (Å²) >= 11 is 0. The Morgan fingerprint density at radius 3 is 1.67 bits per heavy atom. The van der Waals surface area contributed by atoms with Crippen molar-refractivity contribution in [2.24, 2.45) is 0 Å². The number of hydrogen-bond donors (Lipinski definition) is 0. The van der Waals surface area contributed by atoms with Gasteiger partial charge in [0.2, 0.25) is 0 Å². The number of hydrogen-bond acceptors (Lipinski definition) is 2. The van der Waals surface area contributed by atoms with Crippen molar-refractivity contribution in [1.29, 1.82) is 0 Å². The molecule has 9 aromatic carbocycles. The van der Waals surface area contributed by atoms with Gasteiger partial charge in [-0.05, 0) is 106 Å². The Balaban J connectivity index is 1.08. The lowest BCUT2D eigenvalue weighted by atomic mass is 10.0. The molecule has 3 heteroatoms. The van der Waals surface area contributed by atoms with Crippen molar-refractivity contribution in [3.63, 3.8) is 0 Å². The minimum absolute atomic E-state index is 0.901. The maximum atomic E-state index is 6.33. The van der Waals surface area contributed by atoms with Gasteiger partial charge in [-0.15, -0.1) is 0 Å². The van der Waals surface area contributed by atoms with Crippen LogP contribution in [0.2, 0.25) is 0 Å². The van der Waals surface area contributed by atoms with E-state index in [1.54, 1.807) is 0 Å². The van der Waals surface area contributed by atoms with E-state index in [-0.39, 0.29) is 0 Å². The number of anilines is 3. The van der Waals surface area contributed by atoms with Gasteiger partial charge in [0.1, 0.15) is 11.2 Å². The molecule has 0 aliphatic heterocycles. The van der Waals surface area contributed by atoms with Crippen molar-refractivity contribution in [1.82, 2.24) is 4.57 Å². The number of fused-ring (bicyclic) bond motifs is 7. The van der Waals surface area contributed by atoms with Crippen LogP contribution >= 0.6 is 0 Å². The highest BCUT2D eigenvalue weighted by Gasteiger charge is 2.22. The third kappa shape index (κ3) is 5.20. The summed E-state index contributed by atoms with van der Waals surface area (Å²) in [6.07, 6.45) is 0. The van der Waals surface area contributed by atoms with E-state index in [1.807, 2.05) is 0 Å². The first-order valence-corrected chi connectivity index (χ1v) is 18.8. The quantitative estimate of drug-likeness (QED) is 0.172. The fourth-order valence-electron chi connectivity index (χ4n) is 8.33. The van der Waals surface area contributed by atoms with Crippen molar-refractivity contribution >= 4 is 71.6 Å². The lowest BCUT2D eigenvalue weighted by Gasteiger charge is -2.27. The highest BCUT2D eigenvalue weighted by atomic mass is 16.3. The van der Waals surface area contributed by atoms with Crippen molar-refractivity contribution in [2.75, 3.05) is 4.90 Å². The first-order valence-electron chi connectivity index (χ1n) is 18.8. The molecular weight excluding hydrogens is 669 g/mol. The van der Waals surface area contributed by atoms with Gasteiger partial charge in [0.25, 0.3) is 0 Å². The SMILES string of the molecule is c1ccc(-c2ccc(N(c3ccc(-c4ccc5oc6cc7ccccc7cc6c5c4)cc3)c3cccc4c5ccccc5n(-c5ccccc5)c34)cc2)cc1. The molecule has 11 rings (SSSR count). The average molecular weight is 703 g/mol. The highest BCUT2D eigenvalue weighted by molar-refractivity contribution is 6.15. The van der Waals surface area contributed by atoms with E-state index in [1.165, 1.54) is 38.2 Å². The molecule has 3 nitrogen and oxygen atoms in total. The minimum Gasteiger partial charge on any atom is -0.456 e. The largest absolute Gasteiger partial charge is 0.456 e. The maximum Gasteiger partial charge on any atom is 0.136 e. The van der Waals surface area contributed by atoms with Crippen LogP contribution in [0.4, 0.5) is 17.1 Å². The van der Waals surface area contributed by atoms with Crippen LogP contribution in [-0.2, 0) is 0 Å². The fraction of sp³-hybridized carbons (Fsp3) is 0. The van der Waals surface area contributed by atoms with E-state index in [4.69, 9.17) is 4.42 Å². The Morgan fingerprint density at radius 1 is 0.364 bits per heavy atom. The second-order valence-electron chi connectivity index (χ2n) is 14.2. The number of rotatable bonds is 6. The molecule has 0 fully saturated rings. The summed E-state index contributed by atoms with van der Waals surface area (Å²) in [7, 11) is 0. The molecule has 55 heavy (non-hydrogen) atoms. The molecule has 0 aliphatic carbocycles. The zero-order chi connectivity index (χ0) is 36.3. The van der Waals surface area contributed by atoms with Crippen LogP contribution in [0.15, 0.2) is 211 Å². The van der Waals surface area contributed by atoms with Crippen LogP contribution in [0, 0.1) is 0 Å². The predicted molar refractivity (Wildman–Crippen MR) is 231 cm³/mol. The van der Waals surface area contributed by atoms with Gasteiger partial charge in [-0.2, -0.15) is 0 Å². The molecule has 0 radical (unpaired) electrons. The predicted octanol–water partition coefficient (Wildman–Crippen LogP) is 14.6. The smallest absolute Gasteiger partial charge is 0.136 e. The number of benzene rings is 9. The Morgan fingerprint density at radius 2 is 0.927 bits per heavy atom. The van der Waals surface area contributed by atoms with Crippen LogP contribution in [0.1, 0.15) is 0 Å².